The van der Waals surface area contributed by atoms with E-state index in [9.17, 15) is 4.79 Å². The Morgan fingerprint density at radius 3 is 3.15 bits per heavy atom. The molecule has 0 radical (unpaired) electrons. The molecule has 2 rings (SSSR count). The van der Waals surface area contributed by atoms with Crippen LogP contribution in [0.1, 0.15) is 4.88 Å². The molecule has 5 heteroatoms. The lowest BCUT2D eigenvalue weighted by Gasteiger charge is -1.88. The Labute approximate surface area is 78.4 Å². The third-order valence-electron chi connectivity index (χ3n) is 1.76. The zero-order valence-corrected chi connectivity index (χ0v) is 7.84. The number of nitrogens with zero attached hydrogens (tertiary/aromatic N) is 2. The Morgan fingerprint density at radius 2 is 2.54 bits per heavy atom. The van der Waals surface area contributed by atoms with Gasteiger partial charge in [-0.15, -0.1) is 11.3 Å². The normalized spacial score (nSPS) is 10.8. The minimum Gasteiger partial charge on any atom is -0.481 e. The van der Waals surface area contributed by atoms with Gasteiger partial charge in [0.15, 0.2) is 0 Å². The first kappa shape index (κ1) is 8.25. The summed E-state index contributed by atoms with van der Waals surface area (Å²) < 4.78 is 1.89. The number of hydrogen-bond donors (Lipinski definition) is 1. The molecule has 2 aromatic heterocycles. The van der Waals surface area contributed by atoms with E-state index in [1.54, 1.807) is 6.33 Å². The van der Waals surface area contributed by atoms with Crippen molar-refractivity contribution in [3.63, 3.8) is 0 Å². The van der Waals surface area contributed by atoms with E-state index in [1.807, 2.05) is 17.7 Å². The van der Waals surface area contributed by atoms with Crippen LogP contribution < -0.4 is 0 Å². The van der Waals surface area contributed by atoms with Gasteiger partial charge >= 0.3 is 5.97 Å². The molecule has 0 aliphatic carbocycles. The van der Waals surface area contributed by atoms with Crippen molar-refractivity contribution in [1.82, 2.24) is 9.55 Å². The SMILES string of the molecule is Cn1cnc2cc(CC(=O)O)sc21. The van der Waals surface area contributed by atoms with Gasteiger partial charge in [0, 0.05) is 11.9 Å². The van der Waals surface area contributed by atoms with E-state index in [0.29, 0.717) is 0 Å². The van der Waals surface area contributed by atoms with Gasteiger partial charge in [0.05, 0.1) is 18.3 Å². The lowest BCUT2D eigenvalue weighted by Crippen LogP contribution is -1.97. The second-order valence-electron chi connectivity index (χ2n) is 2.83. The number of carboxylic acids is 1. The molecule has 13 heavy (non-hydrogen) atoms. The van der Waals surface area contributed by atoms with Crippen molar-refractivity contribution in [3.05, 3.63) is 17.3 Å². The van der Waals surface area contributed by atoms with Gasteiger partial charge in [-0.05, 0) is 6.07 Å². The minimum absolute atomic E-state index is 0.0844. The van der Waals surface area contributed by atoms with Gasteiger partial charge in [-0.25, -0.2) is 4.98 Å². The molecule has 0 aromatic carbocycles. The molecule has 0 fully saturated rings. The molecule has 0 aliphatic rings. The first-order chi connectivity index (χ1) is 6.16. The molecule has 1 N–H and O–H groups in total. The van der Waals surface area contributed by atoms with Gasteiger partial charge in [-0.1, -0.05) is 0 Å². The van der Waals surface area contributed by atoms with Gasteiger partial charge in [0.1, 0.15) is 4.83 Å². The highest BCUT2D eigenvalue weighted by Crippen LogP contribution is 2.24. The Balaban J connectivity index is 2.44. The fourth-order valence-electron chi connectivity index (χ4n) is 1.20. The Morgan fingerprint density at radius 1 is 1.77 bits per heavy atom. The molecule has 0 saturated heterocycles. The van der Waals surface area contributed by atoms with Gasteiger partial charge in [0.2, 0.25) is 0 Å². The highest BCUT2D eigenvalue weighted by molar-refractivity contribution is 7.18. The number of thiophene rings is 1. The summed E-state index contributed by atoms with van der Waals surface area (Å²) in [7, 11) is 1.90. The molecule has 0 aliphatic heterocycles. The molecule has 4 nitrogen and oxygen atoms in total. The quantitative estimate of drug-likeness (QED) is 0.786. The van der Waals surface area contributed by atoms with Gasteiger partial charge < -0.3 is 9.67 Å². The first-order valence-corrected chi connectivity index (χ1v) is 4.60. The molecule has 0 spiro atoms. The van der Waals surface area contributed by atoms with E-state index in [-0.39, 0.29) is 6.42 Å². The van der Waals surface area contributed by atoms with Crippen molar-refractivity contribution in [2.75, 3.05) is 0 Å². The molecule has 68 valence electrons. The predicted molar refractivity (Wildman–Crippen MR) is 49.9 cm³/mol. The summed E-state index contributed by atoms with van der Waals surface area (Å²) in [5.74, 6) is -0.799. The van der Waals surface area contributed by atoms with Crippen LogP contribution in [-0.4, -0.2) is 20.6 Å². The van der Waals surface area contributed by atoms with Crippen molar-refractivity contribution >= 4 is 27.7 Å². The van der Waals surface area contributed by atoms with Crippen LogP contribution in [0.2, 0.25) is 0 Å². The lowest BCUT2D eigenvalue weighted by molar-refractivity contribution is -0.136. The minimum atomic E-state index is -0.799. The fourth-order valence-corrected chi connectivity index (χ4v) is 2.22. The van der Waals surface area contributed by atoms with Crippen LogP contribution in [-0.2, 0) is 18.3 Å². The summed E-state index contributed by atoms with van der Waals surface area (Å²) in [5.41, 5.74) is 0.878. The standard InChI is InChI=1S/C8H8N2O2S/c1-10-4-9-6-2-5(3-7(11)12)13-8(6)10/h2,4H,3H2,1H3,(H,11,12). The summed E-state index contributed by atoms with van der Waals surface area (Å²) in [6.45, 7) is 0. The average molecular weight is 196 g/mol. The lowest BCUT2D eigenvalue weighted by atomic mass is 10.3. The van der Waals surface area contributed by atoms with Crippen LogP contribution in [0, 0.1) is 0 Å². The number of fused-ring (bicyclic) bond motifs is 1. The molecule has 0 unspecified atom stereocenters. The Bertz CT molecular complexity index is 458. The second kappa shape index (κ2) is 2.85. The third-order valence-corrected chi connectivity index (χ3v) is 2.98. The molecule has 2 aromatic rings. The Hall–Kier alpha value is -1.36. The van der Waals surface area contributed by atoms with Crippen molar-refractivity contribution in [1.29, 1.82) is 0 Å². The van der Waals surface area contributed by atoms with Gasteiger partial charge in [-0.2, -0.15) is 0 Å². The van der Waals surface area contributed by atoms with Crippen LogP contribution in [0.5, 0.6) is 0 Å². The van der Waals surface area contributed by atoms with Crippen LogP contribution in [0.15, 0.2) is 12.4 Å². The van der Waals surface area contributed by atoms with Crippen LogP contribution >= 0.6 is 11.3 Å². The zero-order chi connectivity index (χ0) is 9.42. The van der Waals surface area contributed by atoms with Crippen molar-refractivity contribution in [2.24, 2.45) is 7.05 Å². The molecular weight excluding hydrogens is 188 g/mol. The summed E-state index contributed by atoms with van der Waals surface area (Å²) in [4.78, 5) is 16.4. The number of aryl methyl sites for hydroxylation is 1. The van der Waals surface area contributed by atoms with Crippen LogP contribution in [0.25, 0.3) is 10.3 Å². The predicted octanol–water partition coefficient (Wildman–Crippen LogP) is 1.26. The smallest absolute Gasteiger partial charge is 0.308 e. The van der Waals surface area contributed by atoms with E-state index < -0.39 is 5.97 Å². The van der Waals surface area contributed by atoms with E-state index >= 15 is 0 Å². The summed E-state index contributed by atoms with van der Waals surface area (Å²) >= 11 is 1.48. The largest absolute Gasteiger partial charge is 0.481 e. The number of aliphatic carboxylic acids is 1. The zero-order valence-electron chi connectivity index (χ0n) is 7.02. The van der Waals surface area contributed by atoms with E-state index in [0.717, 1.165) is 15.2 Å². The fraction of sp³-hybridized carbons (Fsp3) is 0.250. The summed E-state index contributed by atoms with van der Waals surface area (Å²) in [6, 6.07) is 1.83. The van der Waals surface area contributed by atoms with Gasteiger partial charge in [0.25, 0.3) is 0 Å². The molecule has 2 heterocycles. The van der Waals surface area contributed by atoms with Crippen molar-refractivity contribution < 1.29 is 9.90 Å². The van der Waals surface area contributed by atoms with Crippen LogP contribution in [0.3, 0.4) is 0 Å². The maximum Gasteiger partial charge on any atom is 0.308 e. The molecular formula is C8H8N2O2S. The Kier molecular flexibility index (Phi) is 1.81. The second-order valence-corrected chi connectivity index (χ2v) is 3.94. The van der Waals surface area contributed by atoms with E-state index in [4.69, 9.17) is 5.11 Å². The average Bonchev–Trinajstić information content (AvgIpc) is 2.53. The first-order valence-electron chi connectivity index (χ1n) is 3.78. The maximum atomic E-state index is 10.4. The van der Waals surface area contributed by atoms with Crippen molar-refractivity contribution in [2.45, 2.75) is 6.42 Å². The third kappa shape index (κ3) is 1.42. The maximum absolute atomic E-state index is 10.4. The number of rotatable bonds is 2. The highest BCUT2D eigenvalue weighted by atomic mass is 32.1. The van der Waals surface area contributed by atoms with Crippen molar-refractivity contribution in [3.8, 4) is 0 Å². The topological polar surface area (TPSA) is 55.1 Å². The van der Waals surface area contributed by atoms with Gasteiger partial charge in [-0.3, -0.25) is 4.79 Å². The highest BCUT2D eigenvalue weighted by Gasteiger charge is 2.08. The van der Waals surface area contributed by atoms with Crippen LogP contribution in [0.4, 0.5) is 0 Å². The monoisotopic (exact) mass is 196 g/mol. The number of imidazole rings is 1. The molecule has 0 atom stereocenters. The number of hydrogen-bond acceptors (Lipinski definition) is 3. The number of carboxylic acid groups (broad SMARTS) is 1. The number of carbonyl (C=O) groups is 1. The summed E-state index contributed by atoms with van der Waals surface area (Å²) in [6.07, 6.45) is 1.81. The van der Waals surface area contributed by atoms with E-state index in [2.05, 4.69) is 4.98 Å². The number of aromatic nitrogens is 2. The molecule has 0 amide bonds. The molecule has 0 bridgehead atoms. The van der Waals surface area contributed by atoms with E-state index in [1.165, 1.54) is 11.3 Å². The summed E-state index contributed by atoms with van der Waals surface area (Å²) in [5, 5.41) is 8.58. The molecule has 0 saturated carbocycles.